The number of sulfonamides is 1. The lowest BCUT2D eigenvalue weighted by atomic mass is 9.81. The number of benzene rings is 2. The maximum atomic E-state index is 12.7. The van der Waals surface area contributed by atoms with E-state index in [0.717, 1.165) is 18.2 Å². The van der Waals surface area contributed by atoms with Crippen molar-refractivity contribution in [2.75, 3.05) is 10.6 Å². The molecule has 5 nitrogen and oxygen atoms in total. The Bertz CT molecular complexity index is 994. The Kier molecular flexibility index (Phi) is 7.25. The van der Waals surface area contributed by atoms with Gasteiger partial charge in [-0.15, -0.1) is 0 Å². The van der Waals surface area contributed by atoms with Gasteiger partial charge in [0.2, 0.25) is 10.0 Å². The molecule has 7 heteroatoms. The van der Waals surface area contributed by atoms with Gasteiger partial charge in [0.25, 0.3) is 5.91 Å². The first-order valence-corrected chi connectivity index (χ1v) is 12.0. The van der Waals surface area contributed by atoms with Gasteiger partial charge in [-0.1, -0.05) is 50.6 Å². The number of carbonyl (C=O) groups is 1. The van der Waals surface area contributed by atoms with Crippen LogP contribution < -0.4 is 9.62 Å². The minimum absolute atomic E-state index is 0.0933. The van der Waals surface area contributed by atoms with Crippen LogP contribution in [0.5, 0.6) is 0 Å². The molecular weight excluding hydrogens is 420 g/mol. The van der Waals surface area contributed by atoms with Crippen molar-refractivity contribution in [3.8, 4) is 0 Å². The molecule has 0 bridgehead atoms. The van der Waals surface area contributed by atoms with E-state index >= 15 is 0 Å². The molecule has 1 amide bonds. The van der Waals surface area contributed by atoms with Crippen LogP contribution in [0.3, 0.4) is 0 Å². The zero-order valence-electron chi connectivity index (χ0n) is 18.5. The summed E-state index contributed by atoms with van der Waals surface area (Å²) in [5.74, 6) is -0.148. The number of halogens is 1. The molecule has 0 heterocycles. The fourth-order valence-electron chi connectivity index (χ4n) is 3.71. The Morgan fingerprint density at radius 1 is 1.03 bits per heavy atom. The molecule has 0 saturated carbocycles. The van der Waals surface area contributed by atoms with Crippen LogP contribution in [-0.4, -0.2) is 26.1 Å². The Hall–Kier alpha value is -2.05. The molecule has 0 radical (unpaired) electrons. The van der Waals surface area contributed by atoms with Crippen LogP contribution in [0.25, 0.3) is 0 Å². The maximum Gasteiger partial charge on any atom is 0.251 e. The summed E-state index contributed by atoms with van der Waals surface area (Å²) in [7, 11) is -3.51. The minimum atomic E-state index is -3.51. The topological polar surface area (TPSA) is 66.5 Å². The molecule has 2 aromatic rings. The largest absolute Gasteiger partial charge is 0.347 e. The van der Waals surface area contributed by atoms with Gasteiger partial charge in [-0.05, 0) is 61.6 Å². The van der Waals surface area contributed by atoms with E-state index in [-0.39, 0.29) is 23.4 Å². The molecule has 0 spiro atoms. The summed E-state index contributed by atoms with van der Waals surface area (Å²) in [5.41, 5.74) is 1.56. The smallest absolute Gasteiger partial charge is 0.251 e. The average molecular weight is 451 g/mol. The summed E-state index contributed by atoms with van der Waals surface area (Å²) in [4.78, 5) is 12.7. The van der Waals surface area contributed by atoms with E-state index in [0.29, 0.717) is 16.3 Å². The number of hydrogen-bond acceptors (Lipinski definition) is 3. The van der Waals surface area contributed by atoms with Crippen LogP contribution in [0.2, 0.25) is 5.02 Å². The average Bonchev–Trinajstić information content (AvgIpc) is 2.56. The van der Waals surface area contributed by atoms with Crippen LogP contribution in [0.15, 0.2) is 48.5 Å². The van der Waals surface area contributed by atoms with E-state index < -0.39 is 10.0 Å². The molecule has 164 valence electrons. The predicted molar refractivity (Wildman–Crippen MR) is 125 cm³/mol. The van der Waals surface area contributed by atoms with Gasteiger partial charge in [0.15, 0.2) is 0 Å². The molecule has 0 unspecified atom stereocenters. The summed E-state index contributed by atoms with van der Waals surface area (Å²) in [6, 6.07) is 13.7. The molecule has 2 aromatic carbocycles. The Morgan fingerprint density at radius 3 is 2.13 bits per heavy atom. The third-order valence-corrected chi connectivity index (χ3v) is 5.84. The molecule has 0 saturated heterocycles. The number of nitrogens with zero attached hydrogens (tertiary/aromatic N) is 1. The van der Waals surface area contributed by atoms with Crippen molar-refractivity contribution in [3.63, 3.8) is 0 Å². The Labute approximate surface area is 185 Å². The van der Waals surface area contributed by atoms with Gasteiger partial charge < -0.3 is 5.32 Å². The molecular formula is C23H31ClN2O3S. The third kappa shape index (κ3) is 7.33. The van der Waals surface area contributed by atoms with E-state index in [2.05, 4.69) is 26.1 Å². The molecule has 0 fully saturated rings. The second-order valence-corrected chi connectivity index (χ2v) is 11.9. The van der Waals surface area contributed by atoms with Crippen molar-refractivity contribution in [3.05, 3.63) is 64.7 Å². The normalized spacial score (nSPS) is 12.5. The summed E-state index contributed by atoms with van der Waals surface area (Å²) < 4.78 is 25.9. The molecule has 0 aliphatic heterocycles. The summed E-state index contributed by atoms with van der Waals surface area (Å²) in [6.07, 6.45) is 2.00. The Balaban J connectivity index is 2.17. The summed E-state index contributed by atoms with van der Waals surface area (Å²) in [6.45, 7) is 10.6. The lowest BCUT2D eigenvalue weighted by Crippen LogP contribution is -2.45. The summed E-state index contributed by atoms with van der Waals surface area (Å²) in [5, 5.41) is 3.55. The maximum absolute atomic E-state index is 12.7. The van der Waals surface area contributed by atoms with Gasteiger partial charge >= 0.3 is 0 Å². The van der Waals surface area contributed by atoms with Crippen LogP contribution in [0.1, 0.15) is 57.0 Å². The lowest BCUT2D eigenvalue weighted by Gasteiger charge is -2.33. The van der Waals surface area contributed by atoms with Crippen molar-refractivity contribution < 1.29 is 13.2 Å². The number of amides is 1. The van der Waals surface area contributed by atoms with Crippen molar-refractivity contribution in [1.29, 1.82) is 0 Å². The SMILES string of the molecule is CC(C)(C)CC(C)(C)NC(=O)c1ccc(CN(c2cccc(Cl)c2)S(C)(=O)=O)cc1. The molecule has 30 heavy (non-hydrogen) atoms. The highest BCUT2D eigenvalue weighted by Crippen LogP contribution is 2.27. The van der Waals surface area contributed by atoms with Crippen LogP contribution in [0, 0.1) is 5.41 Å². The fraction of sp³-hybridized carbons (Fsp3) is 0.435. The van der Waals surface area contributed by atoms with Crippen LogP contribution >= 0.6 is 11.6 Å². The molecule has 0 aliphatic rings. The molecule has 1 N–H and O–H groups in total. The third-order valence-electron chi connectivity index (χ3n) is 4.46. The van der Waals surface area contributed by atoms with Crippen LogP contribution in [-0.2, 0) is 16.6 Å². The first kappa shape index (κ1) is 24.2. The highest BCUT2D eigenvalue weighted by Gasteiger charge is 2.27. The number of rotatable bonds is 7. The number of carbonyl (C=O) groups excluding carboxylic acids is 1. The first-order valence-electron chi connectivity index (χ1n) is 9.81. The quantitative estimate of drug-likeness (QED) is 0.626. The predicted octanol–water partition coefficient (Wildman–Crippen LogP) is 5.25. The molecule has 0 atom stereocenters. The monoisotopic (exact) mass is 450 g/mol. The van der Waals surface area contributed by atoms with Gasteiger partial charge in [0.05, 0.1) is 18.5 Å². The van der Waals surface area contributed by atoms with Gasteiger partial charge in [-0.3, -0.25) is 9.10 Å². The van der Waals surface area contributed by atoms with Crippen molar-refractivity contribution >= 4 is 33.2 Å². The highest BCUT2D eigenvalue weighted by atomic mass is 35.5. The van der Waals surface area contributed by atoms with Gasteiger partial charge in [0, 0.05) is 16.1 Å². The second kappa shape index (κ2) is 8.98. The van der Waals surface area contributed by atoms with Crippen LogP contribution in [0.4, 0.5) is 5.69 Å². The molecule has 0 aromatic heterocycles. The van der Waals surface area contributed by atoms with Gasteiger partial charge in [-0.2, -0.15) is 0 Å². The standard InChI is InChI=1S/C23H31ClN2O3S/c1-22(2,3)16-23(4,5)25-21(27)18-12-10-17(11-13-18)15-26(30(6,28)29)20-9-7-8-19(24)14-20/h7-14H,15-16H2,1-6H3,(H,25,27). The summed E-state index contributed by atoms with van der Waals surface area (Å²) >= 11 is 6.02. The van der Waals surface area contributed by atoms with Gasteiger partial charge in [-0.25, -0.2) is 8.42 Å². The molecule has 0 aliphatic carbocycles. The van der Waals surface area contributed by atoms with E-state index in [9.17, 15) is 13.2 Å². The fourth-order valence-corrected chi connectivity index (χ4v) is 4.77. The van der Waals surface area contributed by atoms with Crippen molar-refractivity contribution in [2.24, 2.45) is 5.41 Å². The highest BCUT2D eigenvalue weighted by molar-refractivity contribution is 7.92. The number of nitrogens with one attached hydrogen (secondary N) is 1. The zero-order chi connectivity index (χ0) is 22.7. The lowest BCUT2D eigenvalue weighted by molar-refractivity contribution is 0.0891. The van der Waals surface area contributed by atoms with E-state index in [1.807, 2.05) is 13.8 Å². The van der Waals surface area contributed by atoms with Crippen molar-refractivity contribution in [2.45, 2.75) is 53.1 Å². The first-order chi connectivity index (χ1) is 13.7. The minimum Gasteiger partial charge on any atom is -0.347 e. The second-order valence-electron chi connectivity index (χ2n) is 9.52. The van der Waals surface area contributed by atoms with E-state index in [4.69, 9.17) is 11.6 Å². The van der Waals surface area contributed by atoms with Gasteiger partial charge in [0.1, 0.15) is 0 Å². The molecule has 2 rings (SSSR count). The number of anilines is 1. The van der Waals surface area contributed by atoms with E-state index in [1.54, 1.807) is 48.5 Å². The number of hydrogen-bond donors (Lipinski definition) is 1. The van der Waals surface area contributed by atoms with E-state index in [1.165, 1.54) is 4.31 Å². The Morgan fingerprint density at radius 2 is 1.63 bits per heavy atom. The van der Waals surface area contributed by atoms with Crippen molar-refractivity contribution in [1.82, 2.24) is 5.32 Å². The zero-order valence-corrected chi connectivity index (χ0v) is 20.1.